The van der Waals surface area contributed by atoms with E-state index in [0.29, 0.717) is 47.9 Å². The molecule has 2 fully saturated rings. The number of aryl methyl sites for hydroxylation is 1. The van der Waals surface area contributed by atoms with Gasteiger partial charge in [0.25, 0.3) is 5.95 Å². The predicted molar refractivity (Wildman–Crippen MR) is 170 cm³/mol. The summed E-state index contributed by atoms with van der Waals surface area (Å²) in [6.07, 6.45) is 8.54. The van der Waals surface area contributed by atoms with Crippen LogP contribution >= 0.6 is 0 Å². The minimum atomic E-state index is -1.34. The fourth-order valence-corrected chi connectivity index (χ4v) is 6.79. The maximum atomic E-state index is 13.8. The average Bonchev–Trinajstić information content (AvgIpc) is 3.33. The maximum Gasteiger partial charge on any atom is 0.330 e. The molecule has 0 radical (unpaired) electrons. The monoisotopic (exact) mass is 630 g/mol. The van der Waals surface area contributed by atoms with E-state index in [-0.39, 0.29) is 24.2 Å². The molecule has 6 rings (SSSR count). The molecular formula is C34H42N6O6. The Morgan fingerprint density at radius 2 is 1.91 bits per heavy atom. The van der Waals surface area contributed by atoms with Gasteiger partial charge in [-0.3, -0.25) is 9.59 Å². The summed E-state index contributed by atoms with van der Waals surface area (Å²) in [4.78, 5) is 51.2. The van der Waals surface area contributed by atoms with Gasteiger partial charge in [-0.2, -0.15) is 10.1 Å². The number of rotatable bonds is 6. The van der Waals surface area contributed by atoms with E-state index >= 15 is 0 Å². The lowest BCUT2D eigenvalue weighted by atomic mass is 9.93. The fourth-order valence-electron chi connectivity index (χ4n) is 6.79. The van der Waals surface area contributed by atoms with Crippen molar-refractivity contribution < 1.29 is 29.0 Å². The number of hydrogen-bond acceptors (Lipinski definition) is 8. The van der Waals surface area contributed by atoms with Crippen molar-refractivity contribution in [1.29, 1.82) is 0 Å². The Hall–Kier alpha value is -4.48. The molecule has 3 heterocycles. The van der Waals surface area contributed by atoms with Crippen LogP contribution in [-0.2, 0) is 14.4 Å². The van der Waals surface area contributed by atoms with Crippen molar-refractivity contribution in [3.05, 3.63) is 47.8 Å². The van der Waals surface area contributed by atoms with E-state index in [9.17, 15) is 19.5 Å². The number of nitrogens with one attached hydrogen (secondary N) is 1. The number of carboxylic acids is 1. The van der Waals surface area contributed by atoms with Crippen LogP contribution < -0.4 is 14.8 Å². The van der Waals surface area contributed by atoms with Gasteiger partial charge in [-0.1, -0.05) is 26.0 Å². The first-order chi connectivity index (χ1) is 22.0. The SMILES string of the molecule is COc1ccc2c(OC3CC4C(=O)NC5(C(=O)O)CC5/C=C/CCCCN(C)C(=O)C4C3)nc(-n3ccc(C(C)C)n3)nc2c1C. The van der Waals surface area contributed by atoms with Crippen LogP contribution in [0.3, 0.4) is 0 Å². The third-order valence-electron chi connectivity index (χ3n) is 9.70. The molecule has 0 spiro atoms. The standard InChI is InChI=1S/C34H42N6O6/c1-19(2)26-13-15-40(38-26)33-35-28-20(3)27(45-5)12-11-23(28)30(36-33)46-22-16-24-25(17-22)31(42)39(4)14-9-7-6-8-10-21-18-34(21,32(43)44)37-29(24)41/h8,10-13,15,19,21-22,24-25H,6-7,9,14,16-18H2,1-5H3,(H,37,41)(H,43,44)/b10-8+. The summed E-state index contributed by atoms with van der Waals surface area (Å²) in [5, 5.41) is 18.2. The van der Waals surface area contributed by atoms with Crippen LogP contribution in [-0.4, -0.2) is 79.9 Å². The van der Waals surface area contributed by atoms with Crippen LogP contribution in [0.4, 0.5) is 0 Å². The van der Waals surface area contributed by atoms with Crippen LogP contribution in [0.5, 0.6) is 11.6 Å². The van der Waals surface area contributed by atoms with Crippen LogP contribution in [0, 0.1) is 24.7 Å². The largest absolute Gasteiger partial charge is 0.496 e. The van der Waals surface area contributed by atoms with E-state index in [2.05, 4.69) is 24.3 Å². The molecule has 2 N–H and O–H groups in total. The third-order valence-corrected chi connectivity index (χ3v) is 9.70. The number of benzene rings is 1. The molecule has 2 amide bonds. The summed E-state index contributed by atoms with van der Waals surface area (Å²) >= 11 is 0. The molecule has 1 aromatic carbocycles. The number of methoxy groups -OCH3 is 1. The molecule has 2 saturated carbocycles. The maximum absolute atomic E-state index is 13.8. The first-order valence-corrected chi connectivity index (χ1v) is 16.1. The highest BCUT2D eigenvalue weighted by atomic mass is 16.5. The zero-order valence-electron chi connectivity index (χ0n) is 27.0. The second kappa shape index (κ2) is 12.4. The van der Waals surface area contributed by atoms with Gasteiger partial charge in [-0.25, -0.2) is 14.5 Å². The number of fused-ring (bicyclic) bond motifs is 3. The highest BCUT2D eigenvalue weighted by Crippen LogP contribution is 2.46. The number of hydrogen-bond donors (Lipinski definition) is 2. The van der Waals surface area contributed by atoms with Crippen molar-refractivity contribution in [3.8, 4) is 17.6 Å². The minimum absolute atomic E-state index is 0.137. The molecule has 2 aromatic heterocycles. The van der Waals surface area contributed by atoms with Gasteiger partial charge >= 0.3 is 5.97 Å². The molecule has 12 nitrogen and oxygen atoms in total. The van der Waals surface area contributed by atoms with Gasteiger partial charge in [-0.15, -0.1) is 0 Å². The molecule has 1 aliphatic heterocycles. The highest BCUT2D eigenvalue weighted by molar-refractivity contribution is 5.94. The average molecular weight is 631 g/mol. The number of allylic oxidation sites excluding steroid dienone is 1. The van der Waals surface area contributed by atoms with Crippen molar-refractivity contribution in [1.82, 2.24) is 30.0 Å². The number of carboxylic acid groups (broad SMARTS) is 1. The molecule has 2 aliphatic carbocycles. The Morgan fingerprint density at radius 1 is 1.13 bits per heavy atom. The van der Waals surface area contributed by atoms with Gasteiger partial charge in [-0.05, 0) is 69.6 Å². The number of nitrogens with zero attached hydrogens (tertiary/aromatic N) is 5. The van der Waals surface area contributed by atoms with E-state index in [1.807, 2.05) is 43.5 Å². The highest BCUT2D eigenvalue weighted by Gasteiger charge is 2.61. The molecule has 5 unspecified atom stereocenters. The van der Waals surface area contributed by atoms with Crippen LogP contribution in [0.15, 0.2) is 36.5 Å². The molecule has 12 heteroatoms. The van der Waals surface area contributed by atoms with E-state index in [1.165, 1.54) is 0 Å². The lowest BCUT2D eigenvalue weighted by Crippen LogP contribution is -2.49. The van der Waals surface area contributed by atoms with Gasteiger partial charge in [0.15, 0.2) is 0 Å². The van der Waals surface area contributed by atoms with Gasteiger partial charge < -0.3 is 24.8 Å². The van der Waals surface area contributed by atoms with Crippen LogP contribution in [0.1, 0.15) is 69.5 Å². The van der Waals surface area contributed by atoms with Gasteiger partial charge in [0.2, 0.25) is 17.7 Å². The lowest BCUT2D eigenvalue weighted by molar-refractivity contribution is -0.145. The predicted octanol–water partition coefficient (Wildman–Crippen LogP) is 4.19. The number of carbonyl (C=O) groups excluding carboxylic acids is 2. The second-order valence-corrected chi connectivity index (χ2v) is 13.1. The van der Waals surface area contributed by atoms with E-state index < -0.39 is 35.4 Å². The van der Waals surface area contributed by atoms with E-state index in [4.69, 9.17) is 19.4 Å². The summed E-state index contributed by atoms with van der Waals surface area (Å²) in [5.74, 6) is -1.78. The summed E-state index contributed by atoms with van der Waals surface area (Å²) in [6, 6.07) is 5.61. The minimum Gasteiger partial charge on any atom is -0.496 e. The number of ether oxygens (including phenoxy) is 2. The number of amides is 2. The summed E-state index contributed by atoms with van der Waals surface area (Å²) in [7, 11) is 3.37. The van der Waals surface area contributed by atoms with Gasteiger partial charge in [0.05, 0.1) is 35.5 Å². The number of carbonyl (C=O) groups is 3. The lowest BCUT2D eigenvalue weighted by Gasteiger charge is -2.26. The Labute approximate surface area is 268 Å². The van der Waals surface area contributed by atoms with Gasteiger partial charge in [0, 0.05) is 31.3 Å². The molecule has 3 aromatic rings. The first kappa shape index (κ1) is 31.5. The summed E-state index contributed by atoms with van der Waals surface area (Å²) in [6.45, 7) is 6.62. The Morgan fingerprint density at radius 3 is 2.63 bits per heavy atom. The first-order valence-electron chi connectivity index (χ1n) is 16.1. The van der Waals surface area contributed by atoms with Crippen molar-refractivity contribution in [2.45, 2.75) is 76.9 Å². The summed E-state index contributed by atoms with van der Waals surface area (Å²) in [5.41, 5.74) is 1.00. The fraction of sp³-hybridized carbons (Fsp3) is 0.529. The topological polar surface area (TPSA) is 149 Å². The molecule has 0 saturated heterocycles. The zero-order chi connectivity index (χ0) is 32.7. The Bertz CT molecular complexity index is 1700. The van der Waals surface area contributed by atoms with E-state index in [0.717, 1.165) is 30.5 Å². The van der Waals surface area contributed by atoms with Crippen LogP contribution in [0.2, 0.25) is 0 Å². The number of aromatic nitrogens is 4. The normalized spacial score (nSPS) is 27.5. The summed E-state index contributed by atoms with van der Waals surface area (Å²) < 4.78 is 13.8. The third kappa shape index (κ3) is 5.80. The van der Waals surface area contributed by atoms with Crippen molar-refractivity contribution in [2.75, 3.05) is 20.7 Å². The molecular weight excluding hydrogens is 588 g/mol. The Balaban J connectivity index is 1.35. The molecule has 244 valence electrons. The smallest absolute Gasteiger partial charge is 0.330 e. The van der Waals surface area contributed by atoms with Crippen molar-refractivity contribution >= 4 is 28.7 Å². The van der Waals surface area contributed by atoms with E-state index in [1.54, 1.807) is 23.7 Å². The van der Waals surface area contributed by atoms with Crippen molar-refractivity contribution in [2.24, 2.45) is 17.8 Å². The van der Waals surface area contributed by atoms with Crippen LogP contribution in [0.25, 0.3) is 16.9 Å². The van der Waals surface area contributed by atoms with Crippen molar-refractivity contribution in [3.63, 3.8) is 0 Å². The Kier molecular flexibility index (Phi) is 8.47. The molecule has 0 bridgehead atoms. The zero-order valence-corrected chi connectivity index (χ0v) is 27.0. The quantitative estimate of drug-likeness (QED) is 0.383. The molecule has 46 heavy (non-hydrogen) atoms. The van der Waals surface area contributed by atoms with Gasteiger partial charge in [0.1, 0.15) is 17.4 Å². The molecule has 5 atom stereocenters. The number of aliphatic carboxylic acids is 1. The molecule has 3 aliphatic rings. The second-order valence-electron chi connectivity index (χ2n) is 13.1.